The molecule has 3 amide bonds. The van der Waals surface area contributed by atoms with E-state index in [0.717, 1.165) is 104 Å². The van der Waals surface area contributed by atoms with Gasteiger partial charge in [0, 0.05) is 139 Å². The lowest BCUT2D eigenvalue weighted by molar-refractivity contribution is -0.149. The number of likely N-dealkylation sites (tertiary alicyclic amines) is 1. The molecule has 0 saturated carbocycles. The summed E-state index contributed by atoms with van der Waals surface area (Å²) in [7, 11) is 0. The summed E-state index contributed by atoms with van der Waals surface area (Å²) < 4.78 is 41.7. The number of carbonyl (C=O) groups is 3. The number of benzene rings is 4. The predicted octanol–water partition coefficient (Wildman–Crippen LogP) is 6.72. The molecule has 2 aromatic heterocycles. The van der Waals surface area contributed by atoms with Crippen LogP contribution in [0, 0.1) is 5.92 Å². The molecule has 1 unspecified atom stereocenters. The van der Waals surface area contributed by atoms with Gasteiger partial charge in [-0.1, -0.05) is 50.2 Å². The Bertz CT molecular complexity index is 3210. The number of hydrogen-bond acceptors (Lipinski definition) is 15. The molecule has 6 aromatic rings. The van der Waals surface area contributed by atoms with Crippen LogP contribution in [0.25, 0.3) is 27.8 Å². The fourth-order valence-electron chi connectivity index (χ4n) is 11.5. The van der Waals surface area contributed by atoms with Crippen LogP contribution in [0.5, 0.6) is 17.2 Å². The van der Waals surface area contributed by atoms with E-state index in [9.17, 15) is 42.9 Å². The van der Waals surface area contributed by atoms with Crippen molar-refractivity contribution >= 4 is 45.9 Å². The summed E-state index contributed by atoms with van der Waals surface area (Å²) >= 11 is 0. The lowest BCUT2D eigenvalue weighted by Gasteiger charge is -2.39. The van der Waals surface area contributed by atoms with Gasteiger partial charge >= 0.3 is 6.18 Å². The number of piperidine rings is 1. The summed E-state index contributed by atoms with van der Waals surface area (Å²) in [5.74, 6) is 0.343. The van der Waals surface area contributed by atoms with Crippen LogP contribution in [0.4, 0.5) is 30.6 Å². The molecular weight excluding hydrogens is 1030 g/mol. The number of anilines is 3. The van der Waals surface area contributed by atoms with E-state index in [2.05, 4.69) is 41.2 Å². The van der Waals surface area contributed by atoms with Gasteiger partial charge in [0.05, 0.1) is 17.8 Å². The largest absolute Gasteiger partial charge is 0.508 e. The van der Waals surface area contributed by atoms with Gasteiger partial charge in [-0.3, -0.25) is 23.9 Å². The third-order valence-electron chi connectivity index (χ3n) is 16.1. The van der Waals surface area contributed by atoms with E-state index in [-0.39, 0.29) is 40.5 Å². The highest BCUT2D eigenvalue weighted by atomic mass is 19.4. The van der Waals surface area contributed by atoms with Gasteiger partial charge in [-0.2, -0.15) is 18.2 Å². The van der Waals surface area contributed by atoms with Gasteiger partial charge < -0.3 is 50.5 Å². The molecule has 80 heavy (non-hydrogen) atoms. The first-order valence-electron chi connectivity index (χ1n) is 27.9. The van der Waals surface area contributed by atoms with Crippen LogP contribution < -0.4 is 20.4 Å². The molecule has 0 bridgehead atoms. The molecule has 4 aliphatic rings. The minimum absolute atomic E-state index is 0.0202. The first-order chi connectivity index (χ1) is 38.5. The first kappa shape index (κ1) is 55.6. The molecule has 4 aliphatic heterocycles. The zero-order valence-corrected chi connectivity index (χ0v) is 45.6. The second kappa shape index (κ2) is 23.9. The number of amides is 3. The van der Waals surface area contributed by atoms with Crippen LogP contribution in [-0.2, 0) is 35.5 Å². The Balaban J connectivity index is 0.713. The number of piperazine rings is 2. The number of hydrogen-bond donors (Lipinski definition) is 5. The molecule has 10 rings (SSSR count). The maximum atomic E-state index is 13.7. The van der Waals surface area contributed by atoms with Crippen LogP contribution in [0.15, 0.2) is 72.8 Å². The molecule has 19 nitrogen and oxygen atoms in total. The van der Waals surface area contributed by atoms with Crippen molar-refractivity contribution < 1.29 is 42.9 Å². The average Bonchev–Trinajstić information content (AvgIpc) is 3.91. The van der Waals surface area contributed by atoms with Gasteiger partial charge in [-0.25, -0.2) is 4.98 Å². The third-order valence-corrected chi connectivity index (χ3v) is 16.1. The van der Waals surface area contributed by atoms with Crippen LogP contribution >= 0.6 is 0 Å². The van der Waals surface area contributed by atoms with Crippen molar-refractivity contribution in [1.82, 2.24) is 49.6 Å². The number of aromatic nitrogens is 5. The first-order valence-corrected chi connectivity index (χ1v) is 27.9. The molecule has 0 radical (unpaired) electrons. The summed E-state index contributed by atoms with van der Waals surface area (Å²) in [6.45, 7) is 15.3. The molecule has 1 atom stereocenters. The molecule has 22 heteroatoms. The van der Waals surface area contributed by atoms with Gasteiger partial charge in [0.15, 0.2) is 5.82 Å². The SMILES string of the molecule is CCC(=O)N1CCN(c2nc(NCCC(=O)N3CCC(CN4CCN(Cc5ccc(-n6c(C(=O)NC(C)C(F)(F)F)nnc6-c6cc(CC)c(O)cc6O)cc5)CC4)CC3)nc3c2CCN(c2cc(O)cc4ccccc24)C3)CC1. The second-order valence-corrected chi connectivity index (χ2v) is 21.4. The van der Waals surface area contributed by atoms with Gasteiger partial charge in [-0.05, 0) is 79.3 Å². The van der Waals surface area contributed by atoms with Crippen molar-refractivity contribution in [3.05, 3.63) is 101 Å². The number of rotatable bonds is 16. The highest BCUT2D eigenvalue weighted by Gasteiger charge is 2.39. The zero-order chi connectivity index (χ0) is 56.2. The highest BCUT2D eigenvalue weighted by molar-refractivity contribution is 5.96. The van der Waals surface area contributed by atoms with Crippen molar-refractivity contribution in [3.63, 3.8) is 0 Å². The summed E-state index contributed by atoms with van der Waals surface area (Å²) in [5.41, 5.74) is 4.97. The number of phenolic OH excluding ortho intramolecular Hbond substituents is 3. The summed E-state index contributed by atoms with van der Waals surface area (Å²) in [6.07, 6.45) is -0.920. The Morgan fingerprint density at radius 3 is 2.19 bits per heavy atom. The number of nitrogens with zero attached hydrogens (tertiary/aromatic N) is 11. The molecule has 4 aromatic carbocycles. The Morgan fingerprint density at radius 2 is 1.48 bits per heavy atom. The van der Waals surface area contributed by atoms with Crippen LogP contribution in [0.1, 0.15) is 79.5 Å². The Kier molecular flexibility index (Phi) is 16.6. The Hall–Kier alpha value is -7.72. The standard InChI is InChI=1S/C58H70F3N13O6/c1-4-40-31-46(50(77)33-49(40)76)54-66-67-55(56(80)63-37(3)58(59,60)61)74(54)42-12-10-38(11-13-42)34-68-22-24-69(25-23-68)35-39-15-19-70(20-16-39)52(79)14-18-62-57-64-47-36-73(48-32-43(75)30-41-8-6-7-9-44(41)48)21-17-45(47)53(65-57)72-28-26-71(27-29-72)51(78)5-2/h6-13,30-33,37,39,75-77H,4-5,14-29,34-36H2,1-3H3,(H,63,80)(H,62,64,65). The highest BCUT2D eigenvalue weighted by Crippen LogP contribution is 2.38. The average molecular weight is 1100 g/mol. The fourth-order valence-corrected chi connectivity index (χ4v) is 11.5. The number of alkyl halides is 3. The molecule has 3 fully saturated rings. The number of phenols is 3. The van der Waals surface area contributed by atoms with E-state index < -0.39 is 23.9 Å². The third kappa shape index (κ3) is 12.3. The van der Waals surface area contributed by atoms with Crippen molar-refractivity contribution in [1.29, 1.82) is 0 Å². The minimum atomic E-state index is -4.69. The molecular formula is C58H70F3N13O6. The van der Waals surface area contributed by atoms with Crippen molar-refractivity contribution in [2.45, 2.75) is 84.6 Å². The van der Waals surface area contributed by atoms with E-state index >= 15 is 0 Å². The Morgan fingerprint density at radius 1 is 0.762 bits per heavy atom. The number of aromatic hydroxyl groups is 3. The quantitative estimate of drug-likeness (QED) is 0.0681. The summed E-state index contributed by atoms with van der Waals surface area (Å²) in [4.78, 5) is 62.9. The molecule has 3 saturated heterocycles. The maximum Gasteiger partial charge on any atom is 0.408 e. The monoisotopic (exact) mass is 1100 g/mol. The summed E-state index contributed by atoms with van der Waals surface area (Å²) in [5, 5.41) is 47.4. The number of aryl methyl sites for hydroxylation is 1. The summed E-state index contributed by atoms with van der Waals surface area (Å²) in [6, 6.07) is 19.4. The van der Waals surface area contributed by atoms with Crippen LogP contribution in [-0.4, -0.2) is 175 Å². The molecule has 0 aliphatic carbocycles. The van der Waals surface area contributed by atoms with Gasteiger partial charge in [0.25, 0.3) is 5.91 Å². The minimum Gasteiger partial charge on any atom is -0.508 e. The van der Waals surface area contributed by atoms with E-state index in [1.54, 1.807) is 18.2 Å². The van der Waals surface area contributed by atoms with Crippen molar-refractivity contribution in [3.8, 4) is 34.3 Å². The maximum absolute atomic E-state index is 13.7. The molecule has 424 valence electrons. The lowest BCUT2D eigenvalue weighted by Crippen LogP contribution is -2.49. The smallest absolute Gasteiger partial charge is 0.408 e. The second-order valence-electron chi connectivity index (χ2n) is 21.4. The van der Waals surface area contributed by atoms with E-state index in [1.165, 1.54) is 10.6 Å². The lowest BCUT2D eigenvalue weighted by atomic mass is 9.95. The van der Waals surface area contributed by atoms with Crippen molar-refractivity contribution in [2.24, 2.45) is 5.92 Å². The molecule has 0 spiro atoms. The topological polar surface area (TPSA) is 212 Å². The van der Waals surface area contributed by atoms with E-state index in [0.29, 0.717) is 108 Å². The number of halogens is 3. The van der Waals surface area contributed by atoms with Gasteiger partial charge in [0.1, 0.15) is 29.1 Å². The van der Waals surface area contributed by atoms with Gasteiger partial charge in [0.2, 0.25) is 23.6 Å². The van der Waals surface area contributed by atoms with Gasteiger partial charge in [-0.15, -0.1) is 10.2 Å². The van der Waals surface area contributed by atoms with Crippen LogP contribution in [0.3, 0.4) is 0 Å². The number of fused-ring (bicyclic) bond motifs is 2. The normalized spacial score (nSPS) is 17.2. The number of nitrogens with one attached hydrogen (secondary N) is 2. The van der Waals surface area contributed by atoms with Crippen molar-refractivity contribution in [2.75, 3.05) is 100 Å². The molecule has 6 heterocycles. The van der Waals surface area contributed by atoms with Crippen LogP contribution in [0.2, 0.25) is 0 Å². The Labute approximate surface area is 463 Å². The fraction of sp³-hybridized carbons (Fsp3) is 0.466. The molecule has 5 N–H and O–H groups in total. The van der Waals surface area contributed by atoms with E-state index in [1.807, 2.05) is 65.4 Å². The van der Waals surface area contributed by atoms with E-state index in [4.69, 9.17) is 9.97 Å². The zero-order valence-electron chi connectivity index (χ0n) is 45.6. The number of carbonyl (C=O) groups excluding carboxylic acids is 3. The predicted molar refractivity (Wildman–Crippen MR) is 298 cm³/mol.